The second kappa shape index (κ2) is 7.59. The lowest BCUT2D eigenvalue weighted by Gasteiger charge is -2.14. The Balaban J connectivity index is 2.50. The molecule has 0 aliphatic carbocycles. The minimum atomic E-state index is -0.205. The Kier molecular flexibility index (Phi) is 6.41. The Bertz CT molecular complexity index is 341. The molecule has 0 amide bonds. The zero-order valence-corrected chi connectivity index (χ0v) is 11.5. The van der Waals surface area contributed by atoms with E-state index in [0.717, 1.165) is 10.6 Å². The van der Waals surface area contributed by atoms with Gasteiger partial charge in [-0.2, -0.15) is 0 Å². The van der Waals surface area contributed by atoms with Crippen molar-refractivity contribution in [3.8, 4) is 0 Å². The van der Waals surface area contributed by atoms with Crippen LogP contribution in [0.5, 0.6) is 0 Å². The van der Waals surface area contributed by atoms with Gasteiger partial charge in [-0.05, 0) is 30.5 Å². The van der Waals surface area contributed by atoms with Gasteiger partial charge in [0.05, 0.1) is 0 Å². The van der Waals surface area contributed by atoms with E-state index in [4.69, 9.17) is 5.73 Å². The number of rotatable bonds is 7. The van der Waals surface area contributed by atoms with Crippen LogP contribution in [0.2, 0.25) is 0 Å². The molecule has 0 spiro atoms. The van der Waals surface area contributed by atoms with Crippen LogP contribution in [0.4, 0.5) is 10.1 Å². The number of hydrogen-bond donors (Lipinski definition) is 1. The summed E-state index contributed by atoms with van der Waals surface area (Å²) in [5.41, 5.74) is 6.51. The number of benzene rings is 1. The topological polar surface area (TPSA) is 26.0 Å². The Morgan fingerprint density at radius 3 is 2.76 bits per heavy atom. The molecule has 0 saturated carbocycles. The summed E-state index contributed by atoms with van der Waals surface area (Å²) in [6, 6.07) is 4.59. The molecule has 0 aliphatic rings. The summed E-state index contributed by atoms with van der Waals surface area (Å²) in [6.07, 6.45) is 4.96. The molecule has 0 saturated heterocycles. The van der Waals surface area contributed by atoms with Gasteiger partial charge < -0.3 is 5.73 Å². The third kappa shape index (κ3) is 4.99. The molecule has 1 rings (SSSR count). The van der Waals surface area contributed by atoms with Gasteiger partial charge in [-0.1, -0.05) is 33.1 Å². The molecule has 0 bridgehead atoms. The smallest absolute Gasteiger partial charge is 0.124 e. The summed E-state index contributed by atoms with van der Waals surface area (Å²) in [5, 5.41) is 0. The summed E-state index contributed by atoms with van der Waals surface area (Å²) in [5.74, 6) is 1.54. The number of nitrogens with two attached hydrogens (primary N) is 1. The van der Waals surface area contributed by atoms with Gasteiger partial charge in [0, 0.05) is 16.3 Å². The molecule has 0 fully saturated rings. The lowest BCUT2D eigenvalue weighted by Crippen LogP contribution is -2.02. The van der Waals surface area contributed by atoms with E-state index in [-0.39, 0.29) is 5.82 Å². The van der Waals surface area contributed by atoms with Gasteiger partial charge in [0.15, 0.2) is 0 Å². The number of hydrogen-bond acceptors (Lipinski definition) is 2. The van der Waals surface area contributed by atoms with Crippen LogP contribution in [0.1, 0.15) is 39.5 Å². The largest absolute Gasteiger partial charge is 0.398 e. The Hall–Kier alpha value is -0.700. The molecule has 3 heteroatoms. The zero-order valence-electron chi connectivity index (χ0n) is 10.7. The highest BCUT2D eigenvalue weighted by atomic mass is 32.2. The number of nitrogen functional groups attached to an aromatic ring is 1. The van der Waals surface area contributed by atoms with E-state index >= 15 is 0 Å². The first kappa shape index (κ1) is 14.4. The third-order valence-electron chi connectivity index (χ3n) is 2.99. The SMILES string of the molecule is CCCCC(CC)CSc1cc(F)ccc1N. The van der Waals surface area contributed by atoms with Crippen molar-refractivity contribution in [1.82, 2.24) is 0 Å². The highest BCUT2D eigenvalue weighted by Gasteiger charge is 2.08. The molecule has 1 atom stereocenters. The molecule has 17 heavy (non-hydrogen) atoms. The zero-order chi connectivity index (χ0) is 12.7. The summed E-state index contributed by atoms with van der Waals surface area (Å²) in [6.45, 7) is 4.43. The first-order chi connectivity index (χ1) is 8.17. The molecular formula is C14H22FNS. The predicted octanol–water partition coefficient (Wildman–Crippen LogP) is 4.72. The van der Waals surface area contributed by atoms with Crippen LogP contribution in [0.15, 0.2) is 23.1 Å². The standard InChI is InChI=1S/C14H22FNS/c1-3-5-6-11(4-2)10-17-14-9-12(15)7-8-13(14)16/h7-9,11H,3-6,10,16H2,1-2H3. The van der Waals surface area contributed by atoms with E-state index in [1.54, 1.807) is 17.8 Å². The monoisotopic (exact) mass is 255 g/mol. The summed E-state index contributed by atoms with van der Waals surface area (Å²) < 4.78 is 13.1. The van der Waals surface area contributed by atoms with E-state index < -0.39 is 0 Å². The lowest BCUT2D eigenvalue weighted by molar-refractivity contribution is 0.499. The maximum atomic E-state index is 13.1. The average Bonchev–Trinajstić information content (AvgIpc) is 2.33. The van der Waals surface area contributed by atoms with Crippen molar-refractivity contribution in [3.05, 3.63) is 24.0 Å². The van der Waals surface area contributed by atoms with Gasteiger partial charge >= 0.3 is 0 Å². The summed E-state index contributed by atoms with van der Waals surface area (Å²) in [7, 11) is 0. The Labute approximate surface area is 108 Å². The predicted molar refractivity (Wildman–Crippen MR) is 74.8 cm³/mol. The number of anilines is 1. The van der Waals surface area contributed by atoms with Gasteiger partial charge in [0.25, 0.3) is 0 Å². The van der Waals surface area contributed by atoms with Crippen molar-refractivity contribution in [3.63, 3.8) is 0 Å². The molecule has 1 aromatic rings. The second-order valence-corrected chi connectivity index (χ2v) is 5.47. The maximum Gasteiger partial charge on any atom is 0.124 e. The fraction of sp³-hybridized carbons (Fsp3) is 0.571. The quantitative estimate of drug-likeness (QED) is 0.563. The fourth-order valence-corrected chi connectivity index (χ4v) is 2.99. The van der Waals surface area contributed by atoms with Gasteiger partial charge in [0.2, 0.25) is 0 Å². The molecule has 0 heterocycles. The first-order valence-corrected chi connectivity index (χ1v) is 7.33. The van der Waals surface area contributed by atoms with Crippen molar-refractivity contribution < 1.29 is 4.39 Å². The third-order valence-corrected chi connectivity index (χ3v) is 4.30. The molecule has 1 nitrogen and oxygen atoms in total. The highest BCUT2D eigenvalue weighted by molar-refractivity contribution is 7.99. The summed E-state index contributed by atoms with van der Waals surface area (Å²) >= 11 is 1.68. The van der Waals surface area contributed by atoms with Gasteiger partial charge in [-0.25, -0.2) is 4.39 Å². The number of thioether (sulfide) groups is 1. The van der Waals surface area contributed by atoms with Crippen molar-refractivity contribution in [2.75, 3.05) is 11.5 Å². The second-order valence-electron chi connectivity index (χ2n) is 4.41. The lowest BCUT2D eigenvalue weighted by atomic mass is 10.0. The van der Waals surface area contributed by atoms with Crippen LogP contribution >= 0.6 is 11.8 Å². The van der Waals surface area contributed by atoms with Crippen LogP contribution in [0.25, 0.3) is 0 Å². The van der Waals surface area contributed by atoms with Crippen LogP contribution in [-0.4, -0.2) is 5.75 Å². The highest BCUT2D eigenvalue weighted by Crippen LogP contribution is 2.29. The molecule has 1 aromatic carbocycles. The first-order valence-electron chi connectivity index (χ1n) is 6.35. The van der Waals surface area contributed by atoms with Crippen molar-refractivity contribution >= 4 is 17.4 Å². The average molecular weight is 255 g/mol. The molecular weight excluding hydrogens is 233 g/mol. The molecule has 0 radical (unpaired) electrons. The van der Waals surface area contributed by atoms with E-state index in [9.17, 15) is 4.39 Å². The van der Waals surface area contributed by atoms with Gasteiger partial charge in [0.1, 0.15) is 5.82 Å². The van der Waals surface area contributed by atoms with E-state index in [1.807, 2.05) is 0 Å². The molecule has 1 unspecified atom stereocenters. The minimum Gasteiger partial charge on any atom is -0.398 e. The Morgan fingerprint density at radius 2 is 2.12 bits per heavy atom. The van der Waals surface area contributed by atoms with Crippen LogP contribution in [-0.2, 0) is 0 Å². The van der Waals surface area contributed by atoms with E-state index in [1.165, 1.54) is 37.8 Å². The normalized spacial score (nSPS) is 12.6. The van der Waals surface area contributed by atoms with Gasteiger partial charge in [-0.3, -0.25) is 0 Å². The van der Waals surface area contributed by atoms with E-state index in [2.05, 4.69) is 13.8 Å². The maximum absolute atomic E-state index is 13.1. The number of halogens is 1. The van der Waals surface area contributed by atoms with Crippen molar-refractivity contribution in [2.45, 2.75) is 44.4 Å². The Morgan fingerprint density at radius 1 is 1.35 bits per heavy atom. The molecule has 0 aromatic heterocycles. The van der Waals surface area contributed by atoms with Gasteiger partial charge in [-0.15, -0.1) is 11.8 Å². The molecule has 2 N–H and O–H groups in total. The van der Waals surface area contributed by atoms with Crippen LogP contribution in [0.3, 0.4) is 0 Å². The minimum absolute atomic E-state index is 0.205. The fourth-order valence-electron chi connectivity index (χ4n) is 1.74. The molecule has 0 aliphatic heterocycles. The van der Waals surface area contributed by atoms with Crippen molar-refractivity contribution in [2.24, 2.45) is 5.92 Å². The van der Waals surface area contributed by atoms with Crippen molar-refractivity contribution in [1.29, 1.82) is 0 Å². The van der Waals surface area contributed by atoms with E-state index in [0.29, 0.717) is 11.6 Å². The number of unbranched alkanes of at least 4 members (excludes halogenated alkanes) is 1. The van der Waals surface area contributed by atoms with Crippen LogP contribution < -0.4 is 5.73 Å². The molecule has 96 valence electrons. The summed E-state index contributed by atoms with van der Waals surface area (Å²) in [4.78, 5) is 0.875. The van der Waals surface area contributed by atoms with Crippen LogP contribution in [0, 0.1) is 11.7 Å².